The minimum atomic E-state index is 0.0961. The molecule has 18 heavy (non-hydrogen) atoms. The number of rotatable bonds is 1. The molecule has 0 aliphatic rings. The summed E-state index contributed by atoms with van der Waals surface area (Å²) in [4.78, 5) is 4.60. The number of nitrogens with zero attached hydrogens (tertiary/aromatic N) is 1. The maximum Gasteiger partial charge on any atom is 0.145 e. The molecule has 0 spiro atoms. The summed E-state index contributed by atoms with van der Waals surface area (Å²) in [5, 5.41) is 1.11. The van der Waals surface area contributed by atoms with Crippen molar-refractivity contribution in [3.05, 3.63) is 33.9 Å². The van der Waals surface area contributed by atoms with Crippen molar-refractivity contribution >= 4 is 26.8 Å². The zero-order valence-corrected chi connectivity index (χ0v) is 13.1. The highest BCUT2D eigenvalue weighted by atomic mass is 79.9. The quantitative estimate of drug-likeness (QED) is 0.767. The lowest BCUT2D eigenvalue weighted by Gasteiger charge is -2.21. The highest BCUT2D eigenvalue weighted by molar-refractivity contribution is 9.10. The first-order valence-electron chi connectivity index (χ1n) is 5.98. The number of aromatic nitrogens is 1. The summed E-state index contributed by atoms with van der Waals surface area (Å²) in [5.41, 5.74) is 3.25. The van der Waals surface area contributed by atoms with Crippen LogP contribution in [0.3, 0.4) is 0 Å². The maximum atomic E-state index is 5.48. The summed E-state index contributed by atoms with van der Waals surface area (Å²) >= 11 is 3.53. The SMILES string of the molecule is COc1cc(C(C)(C)C)cc2cc(Br)c(C)nc12. The van der Waals surface area contributed by atoms with Crippen LogP contribution in [0.2, 0.25) is 0 Å². The van der Waals surface area contributed by atoms with E-state index < -0.39 is 0 Å². The largest absolute Gasteiger partial charge is 0.494 e. The van der Waals surface area contributed by atoms with Crippen LogP contribution in [0, 0.1) is 6.92 Å². The zero-order chi connectivity index (χ0) is 13.5. The van der Waals surface area contributed by atoms with Gasteiger partial charge in [-0.1, -0.05) is 20.8 Å². The van der Waals surface area contributed by atoms with Gasteiger partial charge >= 0.3 is 0 Å². The van der Waals surface area contributed by atoms with Gasteiger partial charge in [0.05, 0.1) is 12.8 Å². The van der Waals surface area contributed by atoms with E-state index in [9.17, 15) is 0 Å². The van der Waals surface area contributed by atoms with E-state index in [-0.39, 0.29) is 5.41 Å². The third-order valence-electron chi connectivity index (χ3n) is 3.10. The number of benzene rings is 1. The molecule has 0 amide bonds. The number of aryl methyl sites for hydroxylation is 1. The molecule has 0 unspecified atom stereocenters. The molecule has 1 heterocycles. The van der Waals surface area contributed by atoms with Crippen molar-refractivity contribution in [2.75, 3.05) is 7.11 Å². The van der Waals surface area contributed by atoms with Crippen LogP contribution in [0.25, 0.3) is 10.9 Å². The molecule has 0 radical (unpaired) electrons. The fraction of sp³-hybridized carbons (Fsp3) is 0.400. The molecule has 2 nitrogen and oxygen atoms in total. The summed E-state index contributed by atoms with van der Waals surface area (Å²) in [7, 11) is 1.69. The van der Waals surface area contributed by atoms with Gasteiger partial charge in [-0.25, -0.2) is 4.98 Å². The number of pyridine rings is 1. The van der Waals surface area contributed by atoms with Crippen LogP contribution in [-0.2, 0) is 5.41 Å². The Kier molecular flexibility index (Phi) is 3.37. The molecule has 1 aromatic carbocycles. The summed E-state index contributed by atoms with van der Waals surface area (Å²) < 4.78 is 6.51. The number of hydrogen-bond acceptors (Lipinski definition) is 2. The van der Waals surface area contributed by atoms with E-state index >= 15 is 0 Å². The predicted octanol–water partition coefficient (Wildman–Crippen LogP) is 4.61. The van der Waals surface area contributed by atoms with Crippen LogP contribution < -0.4 is 4.74 Å². The van der Waals surface area contributed by atoms with Crippen molar-refractivity contribution in [3.63, 3.8) is 0 Å². The third kappa shape index (κ3) is 2.37. The molecule has 0 bridgehead atoms. The van der Waals surface area contributed by atoms with Gasteiger partial charge in [0.1, 0.15) is 11.3 Å². The second kappa shape index (κ2) is 4.54. The van der Waals surface area contributed by atoms with Crippen molar-refractivity contribution in [2.24, 2.45) is 0 Å². The fourth-order valence-electron chi connectivity index (χ4n) is 1.91. The Balaban J connectivity index is 2.80. The first-order valence-corrected chi connectivity index (χ1v) is 6.77. The van der Waals surface area contributed by atoms with Gasteiger partial charge in [0.2, 0.25) is 0 Å². The van der Waals surface area contributed by atoms with E-state index in [1.807, 2.05) is 6.92 Å². The van der Waals surface area contributed by atoms with Gasteiger partial charge in [-0.3, -0.25) is 0 Å². The fourth-order valence-corrected chi connectivity index (χ4v) is 2.25. The molecule has 0 atom stereocenters. The minimum absolute atomic E-state index is 0.0961. The van der Waals surface area contributed by atoms with Gasteiger partial charge in [-0.05, 0) is 52.0 Å². The maximum absolute atomic E-state index is 5.48. The monoisotopic (exact) mass is 307 g/mol. The molecule has 0 aliphatic carbocycles. The predicted molar refractivity (Wildman–Crippen MR) is 79.4 cm³/mol. The lowest BCUT2D eigenvalue weighted by molar-refractivity contribution is 0.417. The smallest absolute Gasteiger partial charge is 0.145 e. The Morgan fingerprint density at radius 1 is 1.17 bits per heavy atom. The van der Waals surface area contributed by atoms with Crippen LogP contribution >= 0.6 is 15.9 Å². The summed E-state index contributed by atoms with van der Waals surface area (Å²) in [6.07, 6.45) is 0. The van der Waals surface area contributed by atoms with Crippen LogP contribution in [0.5, 0.6) is 5.75 Å². The second-order valence-electron chi connectivity index (χ2n) is 5.56. The van der Waals surface area contributed by atoms with E-state index in [0.29, 0.717) is 0 Å². The van der Waals surface area contributed by atoms with Crippen LogP contribution in [0.1, 0.15) is 32.0 Å². The van der Waals surface area contributed by atoms with Crippen molar-refractivity contribution < 1.29 is 4.74 Å². The number of fused-ring (bicyclic) bond motifs is 1. The van der Waals surface area contributed by atoms with E-state index in [1.165, 1.54) is 5.56 Å². The molecule has 0 N–H and O–H groups in total. The third-order valence-corrected chi connectivity index (χ3v) is 3.90. The Morgan fingerprint density at radius 2 is 1.83 bits per heavy atom. The van der Waals surface area contributed by atoms with Crippen molar-refractivity contribution in [3.8, 4) is 5.75 Å². The number of ether oxygens (including phenoxy) is 1. The highest BCUT2D eigenvalue weighted by Gasteiger charge is 2.17. The first kappa shape index (κ1) is 13.3. The molecule has 1 aromatic heterocycles. The normalized spacial score (nSPS) is 11.9. The molecule has 2 aromatic rings. The molecule has 2 rings (SSSR count). The topological polar surface area (TPSA) is 22.1 Å². The molecule has 0 saturated carbocycles. The Morgan fingerprint density at radius 3 is 2.39 bits per heavy atom. The van der Waals surface area contributed by atoms with Gasteiger partial charge in [-0.2, -0.15) is 0 Å². The lowest BCUT2D eigenvalue weighted by atomic mass is 9.86. The van der Waals surface area contributed by atoms with Crippen molar-refractivity contribution in [2.45, 2.75) is 33.1 Å². The average Bonchev–Trinajstić information content (AvgIpc) is 2.28. The number of halogens is 1. The van der Waals surface area contributed by atoms with Gasteiger partial charge in [0.25, 0.3) is 0 Å². The lowest BCUT2D eigenvalue weighted by Crippen LogP contribution is -2.11. The minimum Gasteiger partial charge on any atom is -0.494 e. The van der Waals surface area contributed by atoms with Gasteiger partial charge in [0.15, 0.2) is 0 Å². The van der Waals surface area contributed by atoms with E-state index in [1.54, 1.807) is 7.11 Å². The van der Waals surface area contributed by atoms with E-state index in [0.717, 1.165) is 26.8 Å². The van der Waals surface area contributed by atoms with Gasteiger partial charge in [-0.15, -0.1) is 0 Å². The number of methoxy groups -OCH3 is 1. The van der Waals surface area contributed by atoms with Gasteiger partial charge in [0, 0.05) is 9.86 Å². The molecular formula is C15H18BrNO. The van der Waals surface area contributed by atoms with E-state index in [2.05, 4.69) is 59.9 Å². The second-order valence-corrected chi connectivity index (χ2v) is 6.41. The van der Waals surface area contributed by atoms with E-state index in [4.69, 9.17) is 4.74 Å². The molecule has 0 fully saturated rings. The Bertz CT molecular complexity index is 599. The first-order chi connectivity index (χ1) is 8.32. The molecule has 0 saturated heterocycles. The Labute approximate surface area is 117 Å². The summed E-state index contributed by atoms with van der Waals surface area (Å²) in [6.45, 7) is 8.58. The van der Waals surface area contributed by atoms with Crippen LogP contribution in [-0.4, -0.2) is 12.1 Å². The molecule has 0 aliphatic heterocycles. The summed E-state index contributed by atoms with van der Waals surface area (Å²) in [6, 6.07) is 6.38. The van der Waals surface area contributed by atoms with Crippen molar-refractivity contribution in [1.82, 2.24) is 4.98 Å². The average molecular weight is 308 g/mol. The Hall–Kier alpha value is -1.09. The van der Waals surface area contributed by atoms with Gasteiger partial charge < -0.3 is 4.74 Å². The zero-order valence-electron chi connectivity index (χ0n) is 11.5. The molecular weight excluding hydrogens is 290 g/mol. The summed E-state index contributed by atoms with van der Waals surface area (Å²) in [5.74, 6) is 0.841. The van der Waals surface area contributed by atoms with Crippen molar-refractivity contribution in [1.29, 1.82) is 0 Å². The standard InChI is InChI=1S/C15H18BrNO/c1-9-12(16)7-10-6-11(15(2,3)4)8-13(18-5)14(10)17-9/h6-8H,1-5H3. The highest BCUT2D eigenvalue weighted by Crippen LogP contribution is 2.33. The number of hydrogen-bond donors (Lipinski definition) is 0. The molecule has 3 heteroatoms. The molecule has 96 valence electrons. The van der Waals surface area contributed by atoms with Crippen LogP contribution in [0.15, 0.2) is 22.7 Å². The van der Waals surface area contributed by atoms with Crippen LogP contribution in [0.4, 0.5) is 0 Å².